The number of hydrogen-bond donors (Lipinski definition) is 3. The molecular formula is C24H18ClN7O4. The van der Waals surface area contributed by atoms with E-state index in [2.05, 4.69) is 35.6 Å². The summed E-state index contributed by atoms with van der Waals surface area (Å²) in [5.74, 6) is -1.65. The number of halogens is 1. The van der Waals surface area contributed by atoms with E-state index in [9.17, 15) is 14.7 Å². The zero-order chi connectivity index (χ0) is 25.2. The zero-order valence-electron chi connectivity index (χ0n) is 18.8. The molecule has 0 amide bonds. The predicted octanol–water partition coefficient (Wildman–Crippen LogP) is 2.47. The van der Waals surface area contributed by atoms with Gasteiger partial charge in [-0.15, -0.1) is 20.4 Å². The van der Waals surface area contributed by atoms with Crippen LogP contribution in [0.1, 0.15) is 18.1 Å². The van der Waals surface area contributed by atoms with Gasteiger partial charge in [0.25, 0.3) is 5.56 Å². The van der Waals surface area contributed by atoms with Crippen molar-refractivity contribution in [3.05, 3.63) is 97.5 Å². The topological polar surface area (TPSA) is 157 Å². The van der Waals surface area contributed by atoms with Crippen molar-refractivity contribution in [1.82, 2.24) is 10.2 Å². The monoisotopic (exact) mass is 503 g/mol. The van der Waals surface area contributed by atoms with Gasteiger partial charge in [0.05, 0.1) is 11.8 Å². The van der Waals surface area contributed by atoms with Gasteiger partial charge in [0.2, 0.25) is 5.70 Å². The zero-order valence-corrected chi connectivity index (χ0v) is 19.5. The molecule has 36 heavy (non-hydrogen) atoms. The van der Waals surface area contributed by atoms with E-state index in [0.29, 0.717) is 32.4 Å². The Bertz CT molecular complexity index is 1650. The lowest BCUT2D eigenvalue weighted by atomic mass is 9.88. The first-order valence-corrected chi connectivity index (χ1v) is 11.2. The summed E-state index contributed by atoms with van der Waals surface area (Å²) in [7, 11) is 0. The lowest BCUT2D eigenvalue weighted by Gasteiger charge is -2.17. The van der Waals surface area contributed by atoms with Crippen LogP contribution in [-0.4, -0.2) is 39.6 Å². The van der Waals surface area contributed by atoms with Crippen molar-refractivity contribution in [2.45, 2.75) is 6.92 Å². The number of carbonyl (C=O) groups excluding carboxylic acids is 1. The fourth-order valence-electron chi connectivity index (χ4n) is 3.86. The summed E-state index contributed by atoms with van der Waals surface area (Å²) in [6.45, 7) is 1.71. The second-order valence-corrected chi connectivity index (χ2v) is 8.10. The summed E-state index contributed by atoms with van der Waals surface area (Å²) in [5, 5.41) is 33.2. The van der Waals surface area contributed by atoms with E-state index < -0.39 is 23.3 Å². The highest BCUT2D eigenvalue weighted by Gasteiger charge is 2.36. The van der Waals surface area contributed by atoms with E-state index in [1.54, 1.807) is 61.5 Å². The van der Waals surface area contributed by atoms with E-state index in [1.165, 1.54) is 0 Å². The molecule has 1 aromatic heterocycles. The highest BCUT2D eigenvalue weighted by atomic mass is 35.5. The van der Waals surface area contributed by atoms with Gasteiger partial charge in [0, 0.05) is 10.6 Å². The first-order valence-electron chi connectivity index (χ1n) is 10.9. The minimum absolute atomic E-state index is 0.0726. The Balaban J connectivity index is 1.61. The quantitative estimate of drug-likeness (QED) is 0.211. The summed E-state index contributed by atoms with van der Waals surface area (Å²) in [4.78, 5) is 29.6. The highest BCUT2D eigenvalue weighted by molar-refractivity contribution is 6.30. The molecule has 0 radical (unpaired) electrons. The van der Waals surface area contributed by atoms with Crippen LogP contribution in [0.5, 0.6) is 0 Å². The van der Waals surface area contributed by atoms with Gasteiger partial charge in [-0.2, -0.15) is 0 Å². The molecule has 2 aliphatic heterocycles. The normalized spacial score (nSPS) is 17.1. The van der Waals surface area contributed by atoms with Gasteiger partial charge in [-0.25, -0.2) is 9.79 Å². The maximum absolute atomic E-state index is 12.7. The standard InChI is InChI=1S/C24H18ClN7O4/c1-2-36-24(35)18(19(33)13-6-4-3-5-7-13)27-30-22-16-15(12-8-10-14(25)11-9-12)17-21(29-32-23(17)34)26-20(16)28-31-22/h3-11,16,33H,2H2,1H3,(H,32,34)(H,26,28,29)/b19-18+,30-27?. The molecule has 5 rings (SSSR count). The molecule has 0 saturated carbocycles. The number of rotatable bonds is 5. The SMILES string of the molecule is CCOC(=O)/C(N=NC1=NN=C2N=c3[nH][nH]c(=O)c3=C(c3ccc(Cl)cc3)C12)=C(\O)c1ccccc1. The van der Waals surface area contributed by atoms with Crippen molar-refractivity contribution >= 4 is 40.6 Å². The van der Waals surface area contributed by atoms with E-state index in [1.807, 2.05) is 0 Å². The largest absolute Gasteiger partial charge is 0.505 e. The Hall–Kier alpha value is -4.64. The van der Waals surface area contributed by atoms with Gasteiger partial charge in [0.1, 0.15) is 5.92 Å². The molecule has 2 aliphatic rings. The summed E-state index contributed by atoms with van der Waals surface area (Å²) < 4.78 is 5.06. The van der Waals surface area contributed by atoms with Crippen molar-refractivity contribution in [3.63, 3.8) is 0 Å². The third kappa shape index (κ3) is 4.16. The molecule has 3 N–H and O–H groups in total. The maximum Gasteiger partial charge on any atom is 0.362 e. The molecule has 3 heterocycles. The summed E-state index contributed by atoms with van der Waals surface area (Å²) in [6.07, 6.45) is 0. The molecule has 2 aromatic carbocycles. The van der Waals surface area contributed by atoms with Crippen LogP contribution >= 0.6 is 11.6 Å². The molecule has 1 atom stereocenters. The maximum atomic E-state index is 12.7. The van der Waals surface area contributed by atoms with Gasteiger partial charge in [-0.1, -0.05) is 54.1 Å². The number of hydrogen-bond acceptors (Lipinski definition) is 9. The number of esters is 1. The molecule has 0 saturated heterocycles. The van der Waals surface area contributed by atoms with Crippen LogP contribution in [0.15, 0.2) is 90.5 Å². The lowest BCUT2D eigenvalue weighted by molar-refractivity contribution is -0.138. The Morgan fingerprint density at radius 3 is 2.58 bits per heavy atom. The predicted molar refractivity (Wildman–Crippen MR) is 132 cm³/mol. The third-order valence-electron chi connectivity index (χ3n) is 5.46. The average molecular weight is 504 g/mol. The first-order chi connectivity index (χ1) is 17.5. The average Bonchev–Trinajstić information content (AvgIpc) is 3.47. The molecule has 180 valence electrons. The van der Waals surface area contributed by atoms with Crippen molar-refractivity contribution in [3.8, 4) is 0 Å². The van der Waals surface area contributed by atoms with Crippen molar-refractivity contribution in [2.24, 2.45) is 31.3 Å². The van der Waals surface area contributed by atoms with Crippen LogP contribution in [-0.2, 0) is 9.53 Å². The molecule has 0 bridgehead atoms. The van der Waals surface area contributed by atoms with Gasteiger partial charge in [0.15, 0.2) is 22.9 Å². The van der Waals surface area contributed by atoms with Gasteiger partial charge < -0.3 is 9.84 Å². The van der Waals surface area contributed by atoms with Crippen LogP contribution in [0.2, 0.25) is 5.02 Å². The molecule has 3 aromatic rings. The van der Waals surface area contributed by atoms with Gasteiger partial charge >= 0.3 is 5.97 Å². The summed E-state index contributed by atoms with van der Waals surface area (Å²) in [6, 6.07) is 15.3. The first kappa shape index (κ1) is 23.1. The fraction of sp³-hybridized carbons (Fsp3) is 0.125. The molecule has 1 unspecified atom stereocenters. The van der Waals surface area contributed by atoms with Crippen LogP contribution in [0.4, 0.5) is 0 Å². The number of H-pyrrole nitrogens is 2. The van der Waals surface area contributed by atoms with E-state index >= 15 is 0 Å². The third-order valence-corrected chi connectivity index (χ3v) is 5.71. The van der Waals surface area contributed by atoms with Crippen LogP contribution in [0.3, 0.4) is 0 Å². The highest BCUT2D eigenvalue weighted by Crippen LogP contribution is 2.30. The Labute approximate surface area is 207 Å². The minimum Gasteiger partial charge on any atom is -0.505 e. The number of fused-ring (bicyclic) bond motifs is 2. The lowest BCUT2D eigenvalue weighted by Crippen LogP contribution is -2.44. The molecule has 0 aliphatic carbocycles. The Morgan fingerprint density at radius 2 is 1.86 bits per heavy atom. The number of aromatic amines is 2. The molecule has 0 spiro atoms. The number of aliphatic hydroxyl groups is 1. The molecule has 11 nitrogen and oxygen atoms in total. The second-order valence-electron chi connectivity index (χ2n) is 7.67. The van der Waals surface area contributed by atoms with E-state index in [4.69, 9.17) is 16.3 Å². The van der Waals surface area contributed by atoms with Crippen molar-refractivity contribution in [2.75, 3.05) is 6.61 Å². The van der Waals surface area contributed by atoms with Gasteiger partial charge in [-0.3, -0.25) is 15.0 Å². The number of nitrogens with zero attached hydrogens (tertiary/aromatic N) is 5. The molecule has 12 heteroatoms. The number of aliphatic hydroxyl groups excluding tert-OH is 1. The minimum atomic E-state index is -0.859. The number of carbonyl (C=O) groups is 1. The molecular weight excluding hydrogens is 486 g/mol. The van der Waals surface area contributed by atoms with E-state index in [0.717, 1.165) is 0 Å². The second kappa shape index (κ2) is 9.55. The number of azo groups is 1. The van der Waals surface area contributed by atoms with Gasteiger partial charge in [-0.05, 0) is 30.2 Å². The van der Waals surface area contributed by atoms with Crippen LogP contribution in [0, 0.1) is 5.92 Å². The Kier molecular flexibility index (Phi) is 6.13. The Morgan fingerprint density at radius 1 is 1.11 bits per heavy atom. The van der Waals surface area contributed by atoms with E-state index in [-0.39, 0.29) is 23.8 Å². The number of benzene rings is 2. The number of nitrogens with one attached hydrogen (secondary N) is 2. The number of amidine groups is 2. The molecule has 0 fully saturated rings. The number of aromatic nitrogens is 2. The summed E-state index contributed by atoms with van der Waals surface area (Å²) in [5.41, 5.74) is 1.10. The van der Waals surface area contributed by atoms with Crippen molar-refractivity contribution in [1.29, 1.82) is 0 Å². The van der Waals surface area contributed by atoms with Crippen LogP contribution < -0.4 is 16.3 Å². The smallest absolute Gasteiger partial charge is 0.362 e. The van der Waals surface area contributed by atoms with Crippen LogP contribution in [0.25, 0.3) is 11.3 Å². The number of ether oxygens (including phenoxy) is 1. The summed E-state index contributed by atoms with van der Waals surface area (Å²) >= 11 is 6.07. The van der Waals surface area contributed by atoms with Crippen molar-refractivity contribution < 1.29 is 14.6 Å². The fourth-order valence-corrected chi connectivity index (χ4v) is 3.98.